The molecule has 3 aromatic carbocycles. The van der Waals surface area contributed by atoms with Gasteiger partial charge in [0.15, 0.2) is 0 Å². The molecule has 7 nitrogen and oxygen atoms in total. The summed E-state index contributed by atoms with van der Waals surface area (Å²) in [4.78, 5) is 30.5. The van der Waals surface area contributed by atoms with Crippen molar-refractivity contribution in [2.45, 2.75) is 38.9 Å². The predicted molar refractivity (Wildman–Crippen MR) is 163 cm³/mol. The van der Waals surface area contributed by atoms with Crippen molar-refractivity contribution in [2.75, 3.05) is 44.2 Å². The van der Waals surface area contributed by atoms with Gasteiger partial charge >= 0.3 is 6.18 Å². The fraction of sp³-hybridized carbons (Fsp3) is 0.375. The van der Waals surface area contributed by atoms with Gasteiger partial charge in [0.2, 0.25) is 0 Å². The molecular formula is C32H36ClF3N4O3. The molecule has 0 aromatic heterocycles. The molecule has 1 aliphatic rings. The zero-order valence-corrected chi connectivity index (χ0v) is 25.0. The van der Waals surface area contributed by atoms with Crippen LogP contribution in [0.4, 0.5) is 18.9 Å². The number of para-hydroxylation sites is 1. The highest BCUT2D eigenvalue weighted by Gasteiger charge is 2.34. The summed E-state index contributed by atoms with van der Waals surface area (Å²) < 4.78 is 45.3. The number of nitrogens with zero attached hydrogens (tertiary/aromatic N) is 2. The van der Waals surface area contributed by atoms with Crippen molar-refractivity contribution in [3.05, 3.63) is 82.4 Å². The molecular weight excluding hydrogens is 581 g/mol. The first-order valence-electron chi connectivity index (χ1n) is 14.4. The third kappa shape index (κ3) is 7.43. The van der Waals surface area contributed by atoms with E-state index < -0.39 is 17.6 Å². The molecule has 43 heavy (non-hydrogen) atoms. The van der Waals surface area contributed by atoms with Crippen LogP contribution in [0.1, 0.15) is 53.0 Å². The van der Waals surface area contributed by atoms with Crippen LogP contribution < -0.4 is 20.7 Å². The average Bonchev–Trinajstić information content (AvgIpc) is 3.01. The smallest absolute Gasteiger partial charge is 0.416 e. The normalized spacial score (nSPS) is 15.4. The van der Waals surface area contributed by atoms with E-state index in [1.807, 2.05) is 56.3 Å². The lowest BCUT2D eigenvalue weighted by Gasteiger charge is -2.43. The molecule has 230 valence electrons. The number of carbonyl (C=O) groups is 2. The number of carbonyl (C=O) groups excluding carboxylic acids is 2. The van der Waals surface area contributed by atoms with E-state index in [1.54, 1.807) is 4.90 Å². The summed E-state index contributed by atoms with van der Waals surface area (Å²) in [5, 5.41) is 2.63. The van der Waals surface area contributed by atoms with Crippen LogP contribution in [0.25, 0.3) is 11.1 Å². The highest BCUT2D eigenvalue weighted by atomic mass is 35.5. The van der Waals surface area contributed by atoms with E-state index in [0.29, 0.717) is 51.3 Å². The highest BCUT2D eigenvalue weighted by molar-refractivity contribution is 6.33. The molecule has 11 heteroatoms. The van der Waals surface area contributed by atoms with Crippen molar-refractivity contribution in [1.29, 1.82) is 0 Å². The second kappa shape index (κ2) is 14.1. The van der Waals surface area contributed by atoms with Crippen LogP contribution in [0.15, 0.2) is 60.7 Å². The number of halogens is 4. The Labute approximate surface area is 254 Å². The van der Waals surface area contributed by atoms with E-state index in [4.69, 9.17) is 22.1 Å². The van der Waals surface area contributed by atoms with Crippen molar-refractivity contribution in [2.24, 2.45) is 5.73 Å². The molecule has 0 radical (unpaired) electrons. The Kier molecular flexibility index (Phi) is 10.6. The van der Waals surface area contributed by atoms with E-state index in [1.165, 1.54) is 0 Å². The van der Waals surface area contributed by atoms with E-state index >= 15 is 0 Å². The quantitative estimate of drug-likeness (QED) is 0.281. The van der Waals surface area contributed by atoms with Gasteiger partial charge in [-0.15, -0.1) is 0 Å². The van der Waals surface area contributed by atoms with Crippen LogP contribution >= 0.6 is 11.6 Å². The number of hydrogen-bond acceptors (Lipinski definition) is 5. The lowest BCUT2D eigenvalue weighted by Crippen LogP contribution is -2.55. The highest BCUT2D eigenvalue weighted by Crippen LogP contribution is 2.36. The molecule has 3 N–H and O–H groups in total. The molecule has 3 aromatic rings. The Morgan fingerprint density at radius 2 is 1.81 bits per heavy atom. The first-order valence-corrected chi connectivity index (χ1v) is 14.7. The van der Waals surface area contributed by atoms with Gasteiger partial charge in [-0.25, -0.2) is 0 Å². The van der Waals surface area contributed by atoms with Crippen molar-refractivity contribution in [1.82, 2.24) is 10.2 Å². The minimum Gasteiger partial charge on any atom is -0.493 e. The number of hydrogen-bond donors (Lipinski definition) is 2. The SMILES string of the molecule is CCCOc1ccccc1-c1ccc(N2CCN(C(=O)c3ccc(C(F)(F)F)cc3Cl)C[C@H]2CC)c(C(=O)NCCN)c1. The Morgan fingerprint density at radius 3 is 2.49 bits per heavy atom. The molecule has 1 atom stereocenters. The number of benzene rings is 3. The zero-order chi connectivity index (χ0) is 31.1. The van der Waals surface area contributed by atoms with Crippen molar-refractivity contribution in [3.63, 3.8) is 0 Å². The Bertz CT molecular complexity index is 1450. The van der Waals surface area contributed by atoms with Gasteiger partial charge in [-0.05, 0) is 54.8 Å². The number of rotatable bonds is 10. The summed E-state index contributed by atoms with van der Waals surface area (Å²) in [7, 11) is 0. The van der Waals surface area contributed by atoms with Crippen molar-refractivity contribution >= 4 is 29.1 Å². The third-order valence-corrected chi connectivity index (χ3v) is 7.72. The number of amides is 2. The van der Waals surface area contributed by atoms with Crippen LogP contribution in [0.2, 0.25) is 5.02 Å². The largest absolute Gasteiger partial charge is 0.493 e. The second-order valence-electron chi connectivity index (χ2n) is 10.3. The van der Waals surface area contributed by atoms with Gasteiger partial charge < -0.3 is 25.6 Å². The maximum Gasteiger partial charge on any atom is 0.416 e. The van der Waals surface area contributed by atoms with Gasteiger partial charge in [0.1, 0.15) is 5.75 Å². The second-order valence-corrected chi connectivity index (χ2v) is 10.7. The van der Waals surface area contributed by atoms with E-state index in [-0.39, 0.29) is 22.5 Å². The molecule has 0 saturated carbocycles. The number of nitrogens with two attached hydrogens (primary N) is 1. The molecule has 0 aliphatic carbocycles. The molecule has 0 unspecified atom stereocenters. The minimum absolute atomic E-state index is 0.0214. The number of anilines is 1. The van der Waals surface area contributed by atoms with Crippen molar-refractivity contribution < 1.29 is 27.5 Å². The van der Waals surface area contributed by atoms with Gasteiger partial charge in [-0.1, -0.05) is 49.7 Å². The molecule has 1 fully saturated rings. The van der Waals surface area contributed by atoms with Gasteiger partial charge in [0, 0.05) is 50.0 Å². The zero-order valence-electron chi connectivity index (χ0n) is 24.2. The predicted octanol–water partition coefficient (Wildman–Crippen LogP) is 6.24. The maximum atomic E-state index is 13.4. The summed E-state index contributed by atoms with van der Waals surface area (Å²) in [6, 6.07) is 16.0. The monoisotopic (exact) mass is 616 g/mol. The first-order chi connectivity index (χ1) is 20.6. The number of piperazine rings is 1. The molecule has 2 amide bonds. The van der Waals surface area contributed by atoms with Crippen LogP contribution in [0.5, 0.6) is 5.75 Å². The molecule has 1 saturated heterocycles. The van der Waals surface area contributed by atoms with Gasteiger partial charge in [-0.3, -0.25) is 9.59 Å². The van der Waals surface area contributed by atoms with Gasteiger partial charge in [0.05, 0.1) is 28.3 Å². The van der Waals surface area contributed by atoms with E-state index in [2.05, 4.69) is 10.2 Å². The van der Waals surface area contributed by atoms with Crippen LogP contribution in [-0.2, 0) is 6.18 Å². The number of ether oxygens (including phenoxy) is 1. The van der Waals surface area contributed by atoms with E-state index in [0.717, 1.165) is 47.2 Å². The minimum atomic E-state index is -4.56. The summed E-state index contributed by atoms with van der Waals surface area (Å²) >= 11 is 6.13. The number of alkyl halides is 3. The molecule has 0 spiro atoms. The standard InChI is InChI=1S/C32H36ClF3N4O3/c1-3-17-43-29-8-6-5-7-24(29)21-9-12-28(26(18-21)30(41)38-14-13-37)40-16-15-39(20-23(40)4-2)31(42)25-11-10-22(19-27(25)33)32(34,35)36/h5-12,18-19,23H,3-4,13-17,20,37H2,1-2H3,(H,38,41)/t23-/m1/s1. The summed E-state index contributed by atoms with van der Waals surface area (Å²) in [6.45, 7) is 6.21. The number of nitrogens with one attached hydrogen (secondary N) is 1. The molecule has 4 rings (SSSR count). The topological polar surface area (TPSA) is 87.9 Å². The lowest BCUT2D eigenvalue weighted by molar-refractivity contribution is -0.137. The Morgan fingerprint density at radius 1 is 1.05 bits per heavy atom. The van der Waals surface area contributed by atoms with Crippen LogP contribution in [0.3, 0.4) is 0 Å². The van der Waals surface area contributed by atoms with E-state index in [9.17, 15) is 22.8 Å². The summed E-state index contributed by atoms with van der Waals surface area (Å²) in [6.07, 6.45) is -3.04. The van der Waals surface area contributed by atoms with Gasteiger partial charge in [-0.2, -0.15) is 13.2 Å². The summed E-state index contributed by atoms with van der Waals surface area (Å²) in [5.74, 6) is 0.0295. The Balaban J connectivity index is 1.63. The van der Waals surface area contributed by atoms with Crippen LogP contribution in [-0.4, -0.2) is 62.1 Å². The fourth-order valence-corrected chi connectivity index (χ4v) is 5.46. The first kappa shape index (κ1) is 32.2. The Hall–Kier alpha value is -3.76. The maximum absolute atomic E-state index is 13.4. The van der Waals surface area contributed by atoms with Crippen LogP contribution in [0, 0.1) is 0 Å². The molecule has 0 bridgehead atoms. The average molecular weight is 617 g/mol. The van der Waals surface area contributed by atoms with Gasteiger partial charge in [0.25, 0.3) is 11.8 Å². The third-order valence-electron chi connectivity index (χ3n) is 7.41. The molecule has 1 heterocycles. The summed E-state index contributed by atoms with van der Waals surface area (Å²) in [5.41, 5.74) is 7.65. The fourth-order valence-electron chi connectivity index (χ4n) is 5.20. The van der Waals surface area contributed by atoms with Crippen molar-refractivity contribution in [3.8, 4) is 16.9 Å². The lowest BCUT2D eigenvalue weighted by atomic mass is 9.98. The molecule has 1 aliphatic heterocycles.